The largest absolute Gasteiger partial charge is 0.341 e. The molecule has 9 heteroatoms. The fraction of sp³-hybridized carbons (Fsp3) is 0.263. The minimum Gasteiger partial charge on any atom is -0.341 e. The quantitative estimate of drug-likeness (QED) is 0.593. The van der Waals surface area contributed by atoms with E-state index in [1.54, 1.807) is 16.8 Å². The van der Waals surface area contributed by atoms with Gasteiger partial charge >= 0.3 is 6.03 Å². The van der Waals surface area contributed by atoms with Crippen LogP contribution in [0.1, 0.15) is 11.1 Å². The Balaban J connectivity index is 1.94. The molecule has 8 nitrogen and oxygen atoms in total. The van der Waals surface area contributed by atoms with Gasteiger partial charge in [-0.2, -0.15) is 4.68 Å². The van der Waals surface area contributed by atoms with E-state index in [9.17, 15) is 9.59 Å². The average Bonchev–Trinajstić information content (AvgIpc) is 3.16. The minimum atomic E-state index is -0.649. The summed E-state index contributed by atoms with van der Waals surface area (Å²) >= 11 is 1.20. The van der Waals surface area contributed by atoms with Crippen molar-refractivity contribution in [3.63, 3.8) is 0 Å². The Kier molecular flexibility index (Phi) is 6.08. The van der Waals surface area contributed by atoms with Gasteiger partial charge in [-0.05, 0) is 53.6 Å². The van der Waals surface area contributed by atoms with Crippen molar-refractivity contribution in [3.8, 4) is 5.69 Å². The fourth-order valence-electron chi connectivity index (χ4n) is 2.67. The number of carbonyl (C=O) groups excluding carboxylic acids is 2. The first kappa shape index (κ1) is 19.6. The van der Waals surface area contributed by atoms with Gasteiger partial charge in [0.2, 0.25) is 11.1 Å². The molecule has 1 aliphatic carbocycles. The predicted octanol–water partition coefficient (Wildman–Crippen LogP) is 2.09. The molecule has 1 aromatic heterocycles. The van der Waals surface area contributed by atoms with Crippen molar-refractivity contribution in [1.82, 2.24) is 30.8 Å². The standard InChI is InChI=1S/C19H20N6O2S/c1-12-9-10-13(2)15(11-12)25-19(22-23-24-25)28-16(14-7-5-4-6-8-14)17(26)21-18(27)20-3/h4-5,7-11,14,16H,1-3H3,(H2,20,21,26,27). The number of thioether (sulfide) groups is 1. The molecule has 3 rings (SSSR count). The van der Waals surface area contributed by atoms with Crippen LogP contribution in [-0.4, -0.2) is 44.4 Å². The van der Waals surface area contributed by atoms with Gasteiger partial charge in [-0.15, -0.1) is 10.8 Å². The Labute approximate surface area is 166 Å². The monoisotopic (exact) mass is 396 g/mol. The molecule has 0 saturated carbocycles. The summed E-state index contributed by atoms with van der Waals surface area (Å²) in [6, 6.07) is 5.43. The third-order valence-electron chi connectivity index (χ3n) is 4.15. The van der Waals surface area contributed by atoms with Crippen molar-refractivity contribution >= 4 is 23.7 Å². The molecule has 144 valence electrons. The second-order valence-corrected chi connectivity index (χ2v) is 7.34. The molecule has 2 N–H and O–H groups in total. The van der Waals surface area contributed by atoms with Gasteiger partial charge in [0.1, 0.15) is 5.25 Å². The first-order valence-corrected chi connectivity index (χ1v) is 9.52. The molecule has 28 heavy (non-hydrogen) atoms. The van der Waals surface area contributed by atoms with E-state index in [-0.39, 0.29) is 5.92 Å². The van der Waals surface area contributed by atoms with Gasteiger partial charge in [-0.3, -0.25) is 10.1 Å². The first-order chi connectivity index (χ1) is 13.5. The van der Waals surface area contributed by atoms with Crippen LogP contribution in [0.4, 0.5) is 4.79 Å². The smallest absolute Gasteiger partial charge is 0.321 e. The van der Waals surface area contributed by atoms with Crippen LogP contribution < -0.4 is 10.6 Å². The Hall–Kier alpha value is -3.16. The summed E-state index contributed by atoms with van der Waals surface area (Å²) in [7, 11) is 1.45. The highest BCUT2D eigenvalue weighted by atomic mass is 32.2. The van der Waals surface area contributed by atoms with Crippen LogP contribution in [0.25, 0.3) is 5.69 Å². The SMILES string of the molecule is CNC(=O)NC(=O)C(Sc1nnnn1-c1cc(C)ccc1C)C1C=C=CC=C1. The van der Waals surface area contributed by atoms with Crippen molar-refractivity contribution in [3.05, 3.63) is 59.4 Å². The van der Waals surface area contributed by atoms with Crippen molar-refractivity contribution in [2.75, 3.05) is 7.05 Å². The maximum atomic E-state index is 12.7. The zero-order chi connectivity index (χ0) is 20.1. The number of nitrogens with zero attached hydrogens (tertiary/aromatic N) is 4. The molecular weight excluding hydrogens is 376 g/mol. The number of hydrogen-bond acceptors (Lipinski definition) is 6. The van der Waals surface area contributed by atoms with E-state index in [0.717, 1.165) is 16.8 Å². The van der Waals surface area contributed by atoms with E-state index in [4.69, 9.17) is 0 Å². The molecule has 0 spiro atoms. The van der Waals surface area contributed by atoms with Gasteiger partial charge in [0, 0.05) is 13.0 Å². The lowest BCUT2D eigenvalue weighted by molar-refractivity contribution is -0.119. The van der Waals surface area contributed by atoms with Gasteiger partial charge in [-0.1, -0.05) is 36.0 Å². The predicted molar refractivity (Wildman–Crippen MR) is 106 cm³/mol. The molecule has 1 aromatic carbocycles. The molecule has 0 bridgehead atoms. The molecule has 2 unspecified atom stereocenters. The summed E-state index contributed by atoms with van der Waals surface area (Å²) in [6.07, 6.45) is 7.24. The molecule has 2 aromatic rings. The maximum Gasteiger partial charge on any atom is 0.321 e. The van der Waals surface area contributed by atoms with E-state index < -0.39 is 17.2 Å². The van der Waals surface area contributed by atoms with E-state index in [1.165, 1.54) is 18.8 Å². The second-order valence-electron chi connectivity index (χ2n) is 6.23. The third kappa shape index (κ3) is 4.39. The minimum absolute atomic E-state index is 0.261. The van der Waals surface area contributed by atoms with E-state index in [0.29, 0.717) is 5.16 Å². The van der Waals surface area contributed by atoms with Crippen molar-refractivity contribution < 1.29 is 9.59 Å². The maximum absolute atomic E-state index is 12.7. The van der Waals surface area contributed by atoms with Crippen LogP contribution in [0.5, 0.6) is 0 Å². The lowest BCUT2D eigenvalue weighted by Gasteiger charge is -2.20. The van der Waals surface area contributed by atoms with E-state index in [2.05, 4.69) is 31.9 Å². The fourth-order valence-corrected chi connectivity index (χ4v) is 3.70. The number of aryl methyl sites for hydroxylation is 2. The molecule has 1 aliphatic rings. The summed E-state index contributed by atoms with van der Waals surface area (Å²) in [5, 5.41) is 16.5. The number of imide groups is 1. The van der Waals surface area contributed by atoms with Crippen molar-refractivity contribution in [2.45, 2.75) is 24.3 Å². The summed E-state index contributed by atoms with van der Waals surface area (Å²) in [6.45, 7) is 3.96. The lowest BCUT2D eigenvalue weighted by Crippen LogP contribution is -2.44. The number of nitrogens with one attached hydrogen (secondary N) is 2. The van der Waals surface area contributed by atoms with Crippen LogP contribution >= 0.6 is 11.8 Å². The molecule has 2 atom stereocenters. The van der Waals surface area contributed by atoms with Gasteiger partial charge < -0.3 is 5.32 Å². The zero-order valence-corrected chi connectivity index (χ0v) is 16.5. The average molecular weight is 396 g/mol. The van der Waals surface area contributed by atoms with Crippen LogP contribution in [0.3, 0.4) is 0 Å². The molecule has 0 radical (unpaired) electrons. The molecule has 0 aliphatic heterocycles. The number of allylic oxidation sites excluding steroid dienone is 3. The van der Waals surface area contributed by atoms with Crippen molar-refractivity contribution in [2.24, 2.45) is 5.92 Å². The van der Waals surface area contributed by atoms with Gasteiger partial charge in [0.15, 0.2) is 0 Å². The van der Waals surface area contributed by atoms with Crippen LogP contribution in [-0.2, 0) is 4.79 Å². The van der Waals surface area contributed by atoms with Crippen LogP contribution in [0.15, 0.2) is 53.4 Å². The molecule has 3 amide bonds. The molecule has 0 fully saturated rings. The number of hydrogen-bond donors (Lipinski definition) is 2. The molecule has 0 saturated heterocycles. The second kappa shape index (κ2) is 8.69. The van der Waals surface area contributed by atoms with E-state index in [1.807, 2.05) is 44.2 Å². The molecular formula is C19H20N6O2S. The summed E-state index contributed by atoms with van der Waals surface area (Å²) < 4.78 is 1.61. The number of rotatable bonds is 5. The highest BCUT2D eigenvalue weighted by molar-refractivity contribution is 8.00. The summed E-state index contributed by atoms with van der Waals surface area (Å²) in [5.74, 6) is -0.696. The highest BCUT2D eigenvalue weighted by Gasteiger charge is 2.30. The Bertz CT molecular complexity index is 990. The van der Waals surface area contributed by atoms with Crippen LogP contribution in [0, 0.1) is 19.8 Å². The van der Waals surface area contributed by atoms with E-state index >= 15 is 0 Å². The summed E-state index contributed by atoms with van der Waals surface area (Å²) in [5.41, 5.74) is 5.91. The Morgan fingerprint density at radius 2 is 2.14 bits per heavy atom. The zero-order valence-electron chi connectivity index (χ0n) is 15.7. The normalized spacial score (nSPS) is 16.0. The van der Waals surface area contributed by atoms with Crippen molar-refractivity contribution in [1.29, 1.82) is 0 Å². The summed E-state index contributed by atoms with van der Waals surface area (Å²) in [4.78, 5) is 24.4. The van der Waals surface area contributed by atoms with Gasteiger partial charge in [0.05, 0.1) is 5.69 Å². The van der Waals surface area contributed by atoms with Crippen LogP contribution in [0.2, 0.25) is 0 Å². The highest BCUT2D eigenvalue weighted by Crippen LogP contribution is 2.31. The number of carbonyl (C=O) groups is 2. The topological polar surface area (TPSA) is 102 Å². The van der Waals surface area contributed by atoms with Gasteiger partial charge in [-0.25, -0.2) is 4.79 Å². The molecule has 1 heterocycles. The Morgan fingerprint density at radius 3 is 2.86 bits per heavy atom. The number of amides is 3. The number of aromatic nitrogens is 4. The third-order valence-corrected chi connectivity index (χ3v) is 5.40. The number of tetrazole rings is 1. The number of benzene rings is 1. The first-order valence-electron chi connectivity index (χ1n) is 8.64. The lowest BCUT2D eigenvalue weighted by atomic mass is 10.0. The van der Waals surface area contributed by atoms with Gasteiger partial charge in [0.25, 0.3) is 0 Å². The number of urea groups is 1. The Morgan fingerprint density at radius 1 is 1.32 bits per heavy atom.